The molecule has 4 heteroatoms. The topological polar surface area (TPSA) is 57.5 Å². The normalized spacial score (nSPS) is 10.2. The first kappa shape index (κ1) is 11.5. The van der Waals surface area contributed by atoms with E-state index in [4.69, 9.17) is 16.7 Å². The van der Waals surface area contributed by atoms with Gasteiger partial charge >= 0.3 is 0 Å². The fraction of sp³-hybridized carbons (Fsp3) is 0. The second-order valence-corrected chi connectivity index (χ2v) is 3.98. The Labute approximate surface area is 103 Å². The van der Waals surface area contributed by atoms with Gasteiger partial charge in [-0.2, -0.15) is 0 Å². The van der Waals surface area contributed by atoms with Crippen molar-refractivity contribution in [2.45, 2.75) is 0 Å². The first-order valence-electron chi connectivity index (χ1n) is 4.90. The van der Waals surface area contributed by atoms with Gasteiger partial charge in [0.25, 0.3) is 0 Å². The van der Waals surface area contributed by atoms with Gasteiger partial charge in [0.05, 0.1) is 5.56 Å². The lowest BCUT2D eigenvalue weighted by Gasteiger charge is -2.04. The van der Waals surface area contributed by atoms with E-state index in [1.807, 2.05) is 0 Å². The lowest BCUT2D eigenvalue weighted by atomic mass is 10.0. The summed E-state index contributed by atoms with van der Waals surface area (Å²) >= 11 is 5.79. The van der Waals surface area contributed by atoms with Gasteiger partial charge in [0.1, 0.15) is 11.5 Å². The highest BCUT2D eigenvalue weighted by Gasteiger charge is 2.13. The molecule has 0 aliphatic heterocycles. The predicted molar refractivity (Wildman–Crippen MR) is 64.7 cm³/mol. The van der Waals surface area contributed by atoms with E-state index in [-0.39, 0.29) is 22.8 Å². The number of halogens is 1. The van der Waals surface area contributed by atoms with Crippen LogP contribution in [0.1, 0.15) is 15.9 Å². The highest BCUT2D eigenvalue weighted by Crippen LogP contribution is 2.25. The molecule has 2 N–H and O–H groups in total. The van der Waals surface area contributed by atoms with Crippen molar-refractivity contribution in [1.82, 2.24) is 0 Å². The van der Waals surface area contributed by atoms with Crippen LogP contribution < -0.4 is 0 Å². The minimum Gasteiger partial charge on any atom is -0.508 e. The van der Waals surface area contributed by atoms with Gasteiger partial charge < -0.3 is 10.2 Å². The second-order valence-electron chi connectivity index (χ2n) is 3.54. The molecule has 0 bridgehead atoms. The maximum Gasteiger partial charge on any atom is 0.196 e. The van der Waals surface area contributed by atoms with E-state index >= 15 is 0 Å². The molecule has 0 unspecified atom stereocenters. The fourth-order valence-corrected chi connectivity index (χ4v) is 1.69. The first-order valence-corrected chi connectivity index (χ1v) is 5.28. The molecule has 0 aliphatic carbocycles. The molecule has 0 heterocycles. The smallest absolute Gasteiger partial charge is 0.196 e. The van der Waals surface area contributed by atoms with Crippen molar-refractivity contribution in [1.29, 1.82) is 0 Å². The molecule has 0 fully saturated rings. The summed E-state index contributed by atoms with van der Waals surface area (Å²) in [7, 11) is 0. The van der Waals surface area contributed by atoms with Gasteiger partial charge in [-0.05, 0) is 24.3 Å². The highest BCUT2D eigenvalue weighted by molar-refractivity contribution is 6.31. The molecular formula is C13H9ClO3. The van der Waals surface area contributed by atoms with Crippen LogP contribution in [-0.2, 0) is 0 Å². The largest absolute Gasteiger partial charge is 0.508 e. The molecule has 86 valence electrons. The van der Waals surface area contributed by atoms with Crippen molar-refractivity contribution in [3.8, 4) is 11.5 Å². The number of phenols is 2. The maximum atomic E-state index is 12.0. The Morgan fingerprint density at radius 2 is 1.82 bits per heavy atom. The minimum absolute atomic E-state index is 0.0925. The summed E-state index contributed by atoms with van der Waals surface area (Å²) in [5, 5.41) is 19.2. The van der Waals surface area contributed by atoms with Gasteiger partial charge in [-0.25, -0.2) is 0 Å². The van der Waals surface area contributed by atoms with Crippen LogP contribution >= 0.6 is 11.6 Å². The summed E-state index contributed by atoms with van der Waals surface area (Å²) in [4.78, 5) is 12.0. The summed E-state index contributed by atoms with van der Waals surface area (Å²) in [6.07, 6.45) is 0. The van der Waals surface area contributed by atoms with Crippen LogP contribution in [0.2, 0.25) is 5.02 Å². The number of rotatable bonds is 2. The lowest BCUT2D eigenvalue weighted by Crippen LogP contribution is -2.01. The van der Waals surface area contributed by atoms with E-state index < -0.39 is 0 Å². The van der Waals surface area contributed by atoms with Gasteiger partial charge in [0, 0.05) is 16.7 Å². The van der Waals surface area contributed by atoms with E-state index in [9.17, 15) is 9.90 Å². The zero-order valence-electron chi connectivity index (χ0n) is 8.72. The van der Waals surface area contributed by atoms with Crippen LogP contribution in [0.5, 0.6) is 11.5 Å². The van der Waals surface area contributed by atoms with Gasteiger partial charge in [0.15, 0.2) is 5.78 Å². The monoisotopic (exact) mass is 248 g/mol. The van der Waals surface area contributed by atoms with Gasteiger partial charge in [0.2, 0.25) is 0 Å². The predicted octanol–water partition coefficient (Wildman–Crippen LogP) is 2.98. The maximum absolute atomic E-state index is 12.0. The fourth-order valence-electron chi connectivity index (χ4n) is 1.50. The molecule has 2 aromatic carbocycles. The van der Waals surface area contributed by atoms with E-state index in [1.165, 1.54) is 18.2 Å². The molecule has 2 aromatic rings. The van der Waals surface area contributed by atoms with Crippen molar-refractivity contribution in [3.05, 3.63) is 58.6 Å². The lowest BCUT2D eigenvalue weighted by molar-refractivity contribution is 0.103. The molecule has 0 aliphatic rings. The molecule has 0 saturated heterocycles. The zero-order chi connectivity index (χ0) is 12.4. The molecule has 2 rings (SSSR count). The third-order valence-electron chi connectivity index (χ3n) is 2.31. The Bertz CT molecular complexity index is 579. The number of carbonyl (C=O) groups is 1. The third-order valence-corrected chi connectivity index (χ3v) is 2.55. The molecule has 0 aromatic heterocycles. The molecule has 3 nitrogen and oxygen atoms in total. The Morgan fingerprint density at radius 3 is 2.47 bits per heavy atom. The van der Waals surface area contributed by atoms with Gasteiger partial charge in [-0.3, -0.25) is 4.79 Å². The summed E-state index contributed by atoms with van der Waals surface area (Å²) in [5.41, 5.74) is 0.517. The van der Waals surface area contributed by atoms with E-state index in [1.54, 1.807) is 18.2 Å². The van der Waals surface area contributed by atoms with Crippen molar-refractivity contribution in [2.75, 3.05) is 0 Å². The molecule has 0 spiro atoms. The minimum atomic E-state index is -0.343. The van der Waals surface area contributed by atoms with Crippen LogP contribution in [0.3, 0.4) is 0 Å². The third kappa shape index (κ3) is 2.40. The Balaban J connectivity index is 2.44. The van der Waals surface area contributed by atoms with Gasteiger partial charge in [-0.1, -0.05) is 23.7 Å². The molecule has 0 atom stereocenters. The average molecular weight is 249 g/mol. The molecule has 0 saturated carbocycles. The van der Waals surface area contributed by atoms with Crippen LogP contribution in [-0.4, -0.2) is 16.0 Å². The number of carbonyl (C=O) groups excluding carboxylic acids is 1. The summed E-state index contributed by atoms with van der Waals surface area (Å²) in [6.45, 7) is 0. The number of aromatic hydroxyl groups is 2. The Morgan fingerprint density at radius 1 is 1.06 bits per heavy atom. The van der Waals surface area contributed by atoms with Crippen molar-refractivity contribution in [2.24, 2.45) is 0 Å². The molecule has 17 heavy (non-hydrogen) atoms. The summed E-state index contributed by atoms with van der Waals surface area (Å²) in [6, 6.07) is 10.3. The average Bonchev–Trinajstić information content (AvgIpc) is 2.28. The Kier molecular flexibility index (Phi) is 3.02. The summed E-state index contributed by atoms with van der Waals surface area (Å²) in [5.74, 6) is -0.690. The van der Waals surface area contributed by atoms with E-state index in [0.29, 0.717) is 10.6 Å². The van der Waals surface area contributed by atoms with Crippen LogP contribution in [0.4, 0.5) is 0 Å². The highest BCUT2D eigenvalue weighted by atomic mass is 35.5. The molecule has 0 amide bonds. The summed E-state index contributed by atoms with van der Waals surface area (Å²) < 4.78 is 0. The van der Waals surface area contributed by atoms with Crippen LogP contribution in [0.15, 0.2) is 42.5 Å². The number of hydrogen-bond acceptors (Lipinski definition) is 3. The standard InChI is InChI=1S/C13H9ClO3/c14-9-3-1-2-8(6-9)13(17)11-5-4-10(15)7-12(11)16/h1-7,15-16H. The van der Waals surface area contributed by atoms with Crippen LogP contribution in [0, 0.1) is 0 Å². The van der Waals surface area contributed by atoms with Crippen molar-refractivity contribution in [3.63, 3.8) is 0 Å². The van der Waals surface area contributed by atoms with Crippen molar-refractivity contribution >= 4 is 17.4 Å². The number of phenolic OH excluding ortho intramolecular Hbond substituents is 2. The Hall–Kier alpha value is -2.00. The zero-order valence-corrected chi connectivity index (χ0v) is 9.48. The first-order chi connectivity index (χ1) is 8.08. The number of benzene rings is 2. The SMILES string of the molecule is O=C(c1cccc(Cl)c1)c1ccc(O)cc1O. The van der Waals surface area contributed by atoms with E-state index in [0.717, 1.165) is 6.07 Å². The number of ketones is 1. The molecule has 0 radical (unpaired) electrons. The van der Waals surface area contributed by atoms with Crippen LogP contribution in [0.25, 0.3) is 0 Å². The quantitative estimate of drug-likeness (QED) is 0.804. The van der Waals surface area contributed by atoms with Gasteiger partial charge in [-0.15, -0.1) is 0 Å². The van der Waals surface area contributed by atoms with E-state index in [2.05, 4.69) is 0 Å². The van der Waals surface area contributed by atoms with Crippen molar-refractivity contribution < 1.29 is 15.0 Å². The second kappa shape index (κ2) is 4.47. The molecular weight excluding hydrogens is 240 g/mol. The number of hydrogen-bond donors (Lipinski definition) is 2.